The van der Waals surface area contributed by atoms with E-state index in [4.69, 9.17) is 9.05 Å². The second kappa shape index (κ2) is 23.5. The van der Waals surface area contributed by atoms with Crippen molar-refractivity contribution in [3.63, 3.8) is 0 Å². The van der Waals surface area contributed by atoms with Gasteiger partial charge in [0.1, 0.15) is 13.2 Å². The molecule has 224 valence electrons. The number of hydrogen-bond donors (Lipinski definition) is 0. The van der Waals surface area contributed by atoms with Gasteiger partial charge in [0.15, 0.2) is 11.6 Å². The van der Waals surface area contributed by atoms with Gasteiger partial charge in [-0.2, -0.15) is 0 Å². The van der Waals surface area contributed by atoms with Crippen molar-refractivity contribution >= 4 is 19.8 Å². The van der Waals surface area contributed by atoms with Crippen LogP contribution in [0.3, 0.4) is 0 Å². The van der Waals surface area contributed by atoms with Gasteiger partial charge < -0.3 is 0 Å². The third-order valence-electron chi connectivity index (χ3n) is 6.15. The van der Waals surface area contributed by atoms with Crippen molar-refractivity contribution < 1.29 is 23.2 Å². The highest BCUT2D eigenvalue weighted by atomic mass is 31.1. The molecule has 0 fully saturated rings. The van der Waals surface area contributed by atoms with Gasteiger partial charge in [0, 0.05) is 17.4 Å². The second-order valence-corrected chi connectivity index (χ2v) is 12.1. The van der Waals surface area contributed by atoms with Gasteiger partial charge in [0.2, 0.25) is 0 Å². The van der Waals surface area contributed by atoms with Crippen LogP contribution in [0.2, 0.25) is 0 Å². The zero-order valence-corrected chi connectivity index (χ0v) is 27.3. The Hall–Kier alpha value is -2.20. The summed E-state index contributed by atoms with van der Waals surface area (Å²) in [6, 6.07) is 0. The number of allylic oxidation sites excluding steroid dienone is 12. The van der Waals surface area contributed by atoms with Crippen LogP contribution in [0.5, 0.6) is 0 Å². The van der Waals surface area contributed by atoms with E-state index < -0.39 is 8.25 Å². The molecular formula is C34H54O5P+. The number of carbonyl (C=O) groups is 2. The van der Waals surface area contributed by atoms with Gasteiger partial charge in [-0.3, -0.25) is 9.59 Å². The molecule has 0 bridgehead atoms. The zero-order valence-electron chi connectivity index (χ0n) is 26.4. The lowest BCUT2D eigenvalue weighted by atomic mass is 10.1. The number of carbonyl (C=O) groups excluding carboxylic acids is 2. The van der Waals surface area contributed by atoms with Crippen LogP contribution in [0.15, 0.2) is 69.9 Å². The first-order valence-electron chi connectivity index (χ1n) is 14.6. The molecule has 0 aliphatic carbocycles. The van der Waals surface area contributed by atoms with E-state index in [1.807, 2.05) is 13.8 Å². The predicted octanol–water partition coefficient (Wildman–Crippen LogP) is 10.4. The smallest absolute Gasteiger partial charge is 0.295 e. The van der Waals surface area contributed by atoms with Crippen molar-refractivity contribution in [3.8, 4) is 0 Å². The number of ketones is 2. The molecule has 0 radical (unpaired) electrons. The molecule has 0 unspecified atom stereocenters. The van der Waals surface area contributed by atoms with Crippen molar-refractivity contribution in [3.05, 3.63) is 69.9 Å². The number of rotatable bonds is 22. The van der Waals surface area contributed by atoms with E-state index in [2.05, 4.69) is 65.8 Å². The highest BCUT2D eigenvalue weighted by molar-refractivity contribution is 7.33. The van der Waals surface area contributed by atoms with Gasteiger partial charge in [-0.05, 0) is 119 Å². The van der Waals surface area contributed by atoms with Crippen LogP contribution in [0.1, 0.15) is 120 Å². The average molecular weight is 574 g/mol. The van der Waals surface area contributed by atoms with Crippen molar-refractivity contribution in [1.82, 2.24) is 0 Å². The molecule has 0 aliphatic rings. The Bertz CT molecular complexity index is 906. The standard InChI is InChI=1S/C34H54O5P/c1-27(2)13-9-15-29(5)17-11-19-31(7)25-33(35)21-23-38-40(37)39-24-22-34(36)26-32(8)20-12-18-30(6)16-10-14-28(3)4/h13-14,17-18,25-26H,9-12,15-16,19-24H2,1-8H3/q+1. The molecule has 0 rings (SSSR count). The molecule has 0 N–H and O–H groups in total. The highest BCUT2D eigenvalue weighted by Crippen LogP contribution is 2.24. The van der Waals surface area contributed by atoms with Gasteiger partial charge in [0.25, 0.3) is 0 Å². The summed E-state index contributed by atoms with van der Waals surface area (Å²) in [4.78, 5) is 24.3. The zero-order chi connectivity index (χ0) is 30.3. The minimum absolute atomic E-state index is 0.0232. The van der Waals surface area contributed by atoms with E-state index in [9.17, 15) is 14.2 Å². The lowest BCUT2D eigenvalue weighted by molar-refractivity contribution is -0.115. The lowest BCUT2D eigenvalue weighted by Gasteiger charge is -2.01. The fraction of sp³-hybridized carbons (Fsp3) is 0.588. The van der Waals surface area contributed by atoms with E-state index in [1.165, 1.54) is 22.3 Å². The minimum Gasteiger partial charge on any atom is -0.295 e. The van der Waals surface area contributed by atoms with E-state index in [1.54, 1.807) is 12.2 Å². The van der Waals surface area contributed by atoms with Gasteiger partial charge in [-0.15, -0.1) is 9.05 Å². The maximum absolute atomic E-state index is 12.2. The molecule has 5 nitrogen and oxygen atoms in total. The van der Waals surface area contributed by atoms with Crippen molar-refractivity contribution in [1.29, 1.82) is 0 Å². The summed E-state index contributed by atoms with van der Waals surface area (Å²) in [5, 5.41) is 0. The maximum Gasteiger partial charge on any atom is 0.697 e. The molecule has 0 amide bonds. The van der Waals surface area contributed by atoms with E-state index >= 15 is 0 Å². The largest absolute Gasteiger partial charge is 0.697 e. The highest BCUT2D eigenvalue weighted by Gasteiger charge is 2.20. The summed E-state index contributed by atoms with van der Waals surface area (Å²) < 4.78 is 22.2. The Morgan fingerprint density at radius 2 is 0.825 bits per heavy atom. The Kier molecular flexibility index (Phi) is 22.2. The van der Waals surface area contributed by atoms with Crippen LogP contribution in [0, 0.1) is 0 Å². The molecule has 0 aromatic rings. The van der Waals surface area contributed by atoms with Gasteiger partial charge >= 0.3 is 8.25 Å². The normalized spacial score (nSPS) is 13.2. The molecule has 0 spiro atoms. The van der Waals surface area contributed by atoms with Crippen LogP contribution in [-0.4, -0.2) is 24.8 Å². The third-order valence-corrected chi connectivity index (χ3v) is 6.94. The van der Waals surface area contributed by atoms with Gasteiger partial charge in [-0.1, -0.05) is 57.7 Å². The monoisotopic (exact) mass is 573 g/mol. The van der Waals surface area contributed by atoms with E-state index in [0.717, 1.165) is 62.5 Å². The Morgan fingerprint density at radius 1 is 0.500 bits per heavy atom. The average Bonchev–Trinajstić information content (AvgIpc) is 2.83. The van der Waals surface area contributed by atoms with Crippen LogP contribution in [0.4, 0.5) is 0 Å². The lowest BCUT2D eigenvalue weighted by Crippen LogP contribution is -2.02. The van der Waals surface area contributed by atoms with E-state index in [0.29, 0.717) is 0 Å². The molecule has 0 aromatic heterocycles. The van der Waals surface area contributed by atoms with Crippen LogP contribution < -0.4 is 0 Å². The SMILES string of the molecule is CC(C)=CCCC(C)=CCCC(C)=CC(=O)CCO[P+](=O)OCCC(=O)C=C(C)CCC=C(C)CCC=C(C)C. The van der Waals surface area contributed by atoms with Crippen LogP contribution in [-0.2, 0) is 23.2 Å². The first-order chi connectivity index (χ1) is 18.9. The van der Waals surface area contributed by atoms with Crippen molar-refractivity contribution in [2.24, 2.45) is 0 Å². The quantitative estimate of drug-likeness (QED) is 0.0732. The van der Waals surface area contributed by atoms with Crippen molar-refractivity contribution in [2.45, 2.75) is 120 Å². The fourth-order valence-corrected chi connectivity index (χ4v) is 4.35. The Labute approximate surface area is 245 Å². The van der Waals surface area contributed by atoms with Crippen LogP contribution in [0.25, 0.3) is 0 Å². The van der Waals surface area contributed by atoms with Gasteiger partial charge in [0.05, 0.1) is 0 Å². The molecule has 0 aliphatic heterocycles. The molecule has 6 heteroatoms. The summed E-state index contributed by atoms with van der Waals surface area (Å²) >= 11 is 0. The Balaban J connectivity index is 4.14. The maximum atomic E-state index is 12.2. The predicted molar refractivity (Wildman–Crippen MR) is 170 cm³/mol. The van der Waals surface area contributed by atoms with Crippen molar-refractivity contribution in [2.75, 3.05) is 13.2 Å². The third kappa shape index (κ3) is 24.8. The summed E-state index contributed by atoms with van der Waals surface area (Å²) in [5.41, 5.74) is 7.46. The fourth-order valence-electron chi connectivity index (χ4n) is 3.79. The second-order valence-electron chi connectivity index (χ2n) is 11.1. The molecule has 0 atom stereocenters. The van der Waals surface area contributed by atoms with Crippen LogP contribution >= 0.6 is 8.25 Å². The van der Waals surface area contributed by atoms with E-state index in [-0.39, 0.29) is 37.6 Å². The summed E-state index contributed by atoms with van der Waals surface area (Å²) in [7, 11) is -2.35. The summed E-state index contributed by atoms with van der Waals surface area (Å²) in [6.45, 7) is 16.7. The van der Waals surface area contributed by atoms with Gasteiger partial charge in [-0.25, -0.2) is 0 Å². The minimum atomic E-state index is -2.35. The first kappa shape index (κ1) is 37.8. The molecule has 0 saturated heterocycles. The molecule has 0 aromatic carbocycles. The Morgan fingerprint density at radius 3 is 1.18 bits per heavy atom. The molecule has 0 heterocycles. The molecule has 40 heavy (non-hydrogen) atoms. The topological polar surface area (TPSA) is 69.7 Å². The first-order valence-corrected chi connectivity index (χ1v) is 15.7. The summed E-state index contributed by atoms with van der Waals surface area (Å²) in [5.74, 6) is -0.113. The molecule has 0 saturated carbocycles. The summed E-state index contributed by atoms with van der Waals surface area (Å²) in [6.07, 6.45) is 20.3. The number of hydrogen-bond acceptors (Lipinski definition) is 5. The molecular weight excluding hydrogens is 519 g/mol.